The topological polar surface area (TPSA) is 67.5 Å². The van der Waals surface area contributed by atoms with E-state index >= 15 is 0 Å². The molecule has 0 spiro atoms. The normalized spacial score (nSPS) is 24.7. The molecule has 3 atom stereocenters. The van der Waals surface area contributed by atoms with Crippen molar-refractivity contribution < 1.29 is 14.3 Å². The maximum Gasteiger partial charge on any atom is 0.223 e. The molecule has 7 heteroatoms. The van der Waals surface area contributed by atoms with Gasteiger partial charge in [0.25, 0.3) is 0 Å². The fourth-order valence-corrected chi connectivity index (χ4v) is 3.92. The minimum atomic E-state index is 0.0557. The van der Waals surface area contributed by atoms with Gasteiger partial charge in [-0.05, 0) is 25.0 Å². The number of nitrogens with one attached hydrogen (secondary N) is 1. The van der Waals surface area contributed by atoms with E-state index < -0.39 is 0 Å². The van der Waals surface area contributed by atoms with E-state index in [0.717, 1.165) is 25.1 Å². The zero-order valence-electron chi connectivity index (χ0n) is 14.4. The summed E-state index contributed by atoms with van der Waals surface area (Å²) in [4.78, 5) is 21.5. The number of hydrogen-bond donors (Lipinski definition) is 1. The largest absolute Gasteiger partial charge is 0.489 e. The lowest BCUT2D eigenvalue weighted by Gasteiger charge is -2.19. The van der Waals surface area contributed by atoms with E-state index in [9.17, 15) is 4.79 Å². The molecule has 4 heterocycles. The van der Waals surface area contributed by atoms with Crippen LogP contribution in [0.1, 0.15) is 18.5 Å². The fraction of sp³-hybridized carbons (Fsp3) is 0.474. The van der Waals surface area contributed by atoms with Gasteiger partial charge in [0.2, 0.25) is 5.91 Å². The van der Waals surface area contributed by atoms with Gasteiger partial charge < -0.3 is 19.4 Å². The van der Waals surface area contributed by atoms with E-state index in [4.69, 9.17) is 21.1 Å². The summed E-state index contributed by atoms with van der Waals surface area (Å²) in [5.74, 6) is 1.25. The number of rotatable bonds is 6. The van der Waals surface area contributed by atoms with Crippen LogP contribution in [0.15, 0.2) is 36.8 Å². The molecule has 26 heavy (non-hydrogen) atoms. The van der Waals surface area contributed by atoms with Gasteiger partial charge in [-0.15, -0.1) is 0 Å². The van der Waals surface area contributed by atoms with Crippen LogP contribution < -0.4 is 4.74 Å². The highest BCUT2D eigenvalue weighted by atomic mass is 35.5. The second-order valence-corrected chi connectivity index (χ2v) is 7.37. The van der Waals surface area contributed by atoms with Gasteiger partial charge in [0.05, 0.1) is 23.4 Å². The minimum Gasteiger partial charge on any atom is -0.489 e. The third kappa shape index (κ3) is 4.02. The van der Waals surface area contributed by atoms with Crippen molar-refractivity contribution in [3.8, 4) is 5.75 Å². The number of ether oxygens (including phenoxy) is 2. The molecule has 138 valence electrons. The molecular weight excluding hydrogens is 354 g/mol. The Labute approximate surface area is 157 Å². The molecule has 0 aromatic carbocycles. The van der Waals surface area contributed by atoms with Gasteiger partial charge in [-0.2, -0.15) is 0 Å². The molecule has 2 aliphatic heterocycles. The van der Waals surface area contributed by atoms with Crippen molar-refractivity contribution in [1.29, 1.82) is 0 Å². The average molecular weight is 376 g/mol. The fourth-order valence-electron chi connectivity index (χ4n) is 3.76. The maximum atomic E-state index is 12.4. The summed E-state index contributed by atoms with van der Waals surface area (Å²) >= 11 is 5.91. The second kappa shape index (κ2) is 7.68. The summed E-state index contributed by atoms with van der Waals surface area (Å²) in [5.41, 5.74) is 1.10. The Hall–Kier alpha value is -2.05. The molecule has 0 saturated carbocycles. The molecule has 1 amide bonds. The summed E-state index contributed by atoms with van der Waals surface area (Å²) in [6.45, 7) is 1.95. The van der Waals surface area contributed by atoms with Crippen LogP contribution in [-0.4, -0.2) is 52.7 Å². The SMILES string of the molecule is O=C(CCc1ccc[nH]1)N1C[C@@H]2C[C@@H](COc3cncc(Cl)c3)O[C@@H]2C1. The number of aryl methyl sites for hydroxylation is 1. The molecule has 2 aromatic rings. The first-order valence-corrected chi connectivity index (χ1v) is 9.34. The van der Waals surface area contributed by atoms with Crippen LogP contribution in [0.4, 0.5) is 0 Å². The van der Waals surface area contributed by atoms with Gasteiger partial charge in [0.1, 0.15) is 12.4 Å². The van der Waals surface area contributed by atoms with Crippen LogP contribution in [0, 0.1) is 5.92 Å². The Bertz CT molecular complexity index is 738. The number of hydrogen-bond acceptors (Lipinski definition) is 4. The van der Waals surface area contributed by atoms with Crippen molar-refractivity contribution in [3.63, 3.8) is 0 Å². The number of halogens is 1. The first-order chi connectivity index (χ1) is 12.7. The Balaban J connectivity index is 1.21. The quantitative estimate of drug-likeness (QED) is 0.842. The van der Waals surface area contributed by atoms with Crippen LogP contribution >= 0.6 is 11.6 Å². The van der Waals surface area contributed by atoms with Crippen molar-refractivity contribution in [2.75, 3.05) is 19.7 Å². The van der Waals surface area contributed by atoms with Gasteiger partial charge in [-0.1, -0.05) is 11.6 Å². The minimum absolute atomic E-state index is 0.0557. The lowest BCUT2D eigenvalue weighted by molar-refractivity contribution is -0.131. The molecule has 0 radical (unpaired) electrons. The van der Waals surface area contributed by atoms with Gasteiger partial charge in [-0.3, -0.25) is 9.78 Å². The predicted octanol–water partition coefficient (Wildman–Crippen LogP) is 2.69. The monoisotopic (exact) mass is 375 g/mol. The molecule has 2 fully saturated rings. The summed E-state index contributed by atoms with van der Waals surface area (Å²) in [5, 5.41) is 0.556. The third-order valence-electron chi connectivity index (χ3n) is 5.05. The number of aromatic nitrogens is 2. The number of fused-ring (bicyclic) bond motifs is 1. The lowest BCUT2D eigenvalue weighted by atomic mass is 10.0. The maximum absolute atomic E-state index is 12.4. The van der Waals surface area contributed by atoms with Crippen LogP contribution in [0.25, 0.3) is 0 Å². The molecular formula is C19H22ClN3O3. The van der Waals surface area contributed by atoms with Crippen molar-refractivity contribution in [3.05, 3.63) is 47.5 Å². The number of H-pyrrole nitrogens is 1. The summed E-state index contributed by atoms with van der Waals surface area (Å²) < 4.78 is 11.8. The molecule has 0 unspecified atom stereocenters. The first kappa shape index (κ1) is 17.4. The Morgan fingerprint density at radius 2 is 2.35 bits per heavy atom. The highest BCUT2D eigenvalue weighted by Gasteiger charge is 2.43. The molecule has 6 nitrogen and oxygen atoms in total. The van der Waals surface area contributed by atoms with E-state index in [0.29, 0.717) is 36.3 Å². The molecule has 4 rings (SSSR count). The van der Waals surface area contributed by atoms with Gasteiger partial charge in [-0.25, -0.2) is 0 Å². The third-order valence-corrected chi connectivity index (χ3v) is 5.26. The van der Waals surface area contributed by atoms with Crippen LogP contribution in [0.5, 0.6) is 5.75 Å². The van der Waals surface area contributed by atoms with E-state index in [-0.39, 0.29) is 18.1 Å². The van der Waals surface area contributed by atoms with Crippen molar-refractivity contribution in [2.45, 2.75) is 31.5 Å². The number of carbonyl (C=O) groups excluding carboxylic acids is 1. The Kier molecular flexibility index (Phi) is 5.13. The van der Waals surface area contributed by atoms with E-state index in [1.54, 1.807) is 18.5 Å². The molecule has 2 aliphatic rings. The Morgan fingerprint density at radius 1 is 1.42 bits per heavy atom. The smallest absolute Gasteiger partial charge is 0.223 e. The van der Waals surface area contributed by atoms with Crippen molar-refractivity contribution in [1.82, 2.24) is 14.9 Å². The number of carbonyl (C=O) groups is 1. The zero-order chi connectivity index (χ0) is 17.9. The molecule has 2 aromatic heterocycles. The highest BCUT2D eigenvalue weighted by Crippen LogP contribution is 2.33. The van der Waals surface area contributed by atoms with E-state index in [1.165, 1.54) is 0 Å². The predicted molar refractivity (Wildman–Crippen MR) is 97.2 cm³/mol. The zero-order valence-corrected chi connectivity index (χ0v) is 15.2. The van der Waals surface area contributed by atoms with Gasteiger partial charge in [0, 0.05) is 49.6 Å². The van der Waals surface area contributed by atoms with Crippen molar-refractivity contribution in [2.24, 2.45) is 5.92 Å². The number of nitrogens with zero attached hydrogens (tertiary/aromatic N) is 2. The first-order valence-electron chi connectivity index (χ1n) is 8.96. The van der Waals surface area contributed by atoms with Crippen LogP contribution in [0.2, 0.25) is 5.02 Å². The molecule has 2 saturated heterocycles. The van der Waals surface area contributed by atoms with Crippen LogP contribution in [-0.2, 0) is 16.0 Å². The summed E-state index contributed by atoms with van der Waals surface area (Å²) in [6, 6.07) is 5.71. The molecule has 0 aliphatic carbocycles. The number of amides is 1. The lowest BCUT2D eigenvalue weighted by Crippen LogP contribution is -2.32. The van der Waals surface area contributed by atoms with Gasteiger partial charge >= 0.3 is 0 Å². The van der Waals surface area contributed by atoms with E-state index in [1.807, 2.05) is 23.2 Å². The number of likely N-dealkylation sites (tertiary alicyclic amines) is 1. The average Bonchev–Trinajstić information content (AvgIpc) is 3.34. The molecule has 0 bridgehead atoms. The summed E-state index contributed by atoms with van der Waals surface area (Å²) in [7, 11) is 0. The number of aromatic amines is 1. The summed E-state index contributed by atoms with van der Waals surface area (Å²) in [6.07, 6.45) is 7.49. The van der Waals surface area contributed by atoms with E-state index in [2.05, 4.69) is 9.97 Å². The Morgan fingerprint density at radius 3 is 3.12 bits per heavy atom. The second-order valence-electron chi connectivity index (χ2n) is 6.94. The highest BCUT2D eigenvalue weighted by molar-refractivity contribution is 6.30. The van der Waals surface area contributed by atoms with Crippen LogP contribution in [0.3, 0.4) is 0 Å². The standard InChI is InChI=1S/C19H22ClN3O3/c20-14-7-16(9-21-8-14)25-12-17-6-13-10-23(11-18(13)26-17)19(24)4-3-15-2-1-5-22-15/h1-2,5,7-9,13,17-18,22H,3-4,6,10-12H2/t13-,17-,18+/m0/s1. The molecule has 1 N–H and O–H groups in total. The van der Waals surface area contributed by atoms with Crippen molar-refractivity contribution >= 4 is 17.5 Å². The van der Waals surface area contributed by atoms with Gasteiger partial charge in [0.15, 0.2) is 0 Å². The number of pyridine rings is 1.